The highest BCUT2D eigenvalue weighted by molar-refractivity contribution is 7.15. The van der Waals surface area contributed by atoms with Crippen molar-refractivity contribution < 1.29 is 1.37 Å². The predicted octanol–water partition coefficient (Wildman–Crippen LogP) is -0.387. The minimum absolute atomic E-state index is 0.417. The van der Waals surface area contributed by atoms with Crippen LogP contribution in [0.5, 0.6) is 0 Å². The van der Waals surface area contributed by atoms with E-state index in [2.05, 4.69) is 14.6 Å². The molecule has 0 saturated heterocycles. The third kappa shape index (κ3) is 26.8. The largest absolute Gasteiger partial charge is 0.319 e. The molecule has 3 N–H and O–H groups in total. The highest BCUT2D eigenvalue weighted by Crippen LogP contribution is 1.46. The topological polar surface area (TPSA) is 38.0 Å². The van der Waals surface area contributed by atoms with E-state index in [-0.39, 0.29) is 0 Å². The maximum atomic E-state index is 6.17. The monoisotopic (exact) mass is 110 g/mol. The highest BCUT2D eigenvalue weighted by Gasteiger charge is 1.49. The van der Waals surface area contributed by atoms with Crippen molar-refractivity contribution in [1.29, 1.82) is 0 Å². The molecule has 3 heteroatoms. The van der Waals surface area contributed by atoms with Crippen LogP contribution in [0.4, 0.5) is 0 Å². The number of nitrogens with two attached hydrogens (primary N) is 1. The summed E-state index contributed by atoms with van der Waals surface area (Å²) >= 11 is 0. The quantitative estimate of drug-likeness (QED) is 0.356. The van der Waals surface area contributed by atoms with E-state index in [0.717, 1.165) is 0 Å². The smallest absolute Gasteiger partial charge is 0.0426 e. The average molecular weight is 110 g/mol. The Morgan fingerprint density at radius 1 is 2.17 bits per heavy atom. The van der Waals surface area contributed by atoms with E-state index in [1.807, 2.05) is 0 Å². The lowest BCUT2D eigenvalue weighted by atomic mass is 11.1. The Kier molecular flexibility index (Phi) is 19.4. The first-order valence-corrected chi connectivity index (χ1v) is 2.49. The minimum atomic E-state index is 0.417. The molecule has 0 aromatic heterocycles. The summed E-state index contributed by atoms with van der Waals surface area (Å²) in [5.41, 5.74) is 4.92. The zero-order valence-electron chi connectivity index (χ0n) is 5.07. The summed E-state index contributed by atoms with van der Waals surface area (Å²) in [5.74, 6) is 0. The molecule has 0 saturated carbocycles. The summed E-state index contributed by atoms with van der Waals surface area (Å²) in [5, 5.41) is 2.71. The van der Waals surface area contributed by atoms with E-state index in [9.17, 15) is 0 Å². The first kappa shape index (κ1) is 6.35. The zero-order valence-corrected chi connectivity index (χ0v) is 5.22. The Morgan fingerprint density at radius 2 is 2.33 bits per heavy atom. The van der Waals surface area contributed by atoms with Crippen molar-refractivity contribution in [1.82, 2.24) is 5.32 Å². The van der Waals surface area contributed by atoms with Crippen molar-refractivity contribution in [2.45, 2.75) is 0 Å². The van der Waals surface area contributed by atoms with Gasteiger partial charge in [-0.1, -0.05) is 6.64 Å². The third-order valence-corrected chi connectivity index (χ3v) is 0.204. The molecule has 2 nitrogen and oxygen atoms in total. The van der Waals surface area contributed by atoms with Gasteiger partial charge in [0.25, 0.3) is 0 Å². The van der Waals surface area contributed by atoms with Crippen LogP contribution in [0.15, 0.2) is 0 Å². The van der Waals surface area contributed by atoms with Crippen molar-refractivity contribution in [2.75, 3.05) is 20.4 Å². The maximum Gasteiger partial charge on any atom is 0.0426 e. The van der Waals surface area contributed by atoms with Crippen LogP contribution in [-0.4, -0.2) is 20.4 Å². The Labute approximate surface area is 43.1 Å². The summed E-state index contributed by atoms with van der Waals surface area (Å²) in [7, 11) is 4.05. The molecule has 0 aliphatic heterocycles. The van der Waals surface area contributed by atoms with Gasteiger partial charge in [-0.05, 0) is 7.05 Å². The lowest BCUT2D eigenvalue weighted by molar-refractivity contribution is 0.833. The van der Waals surface area contributed by atoms with Crippen LogP contribution in [-0.2, 0) is 0 Å². The molecule has 0 fully saturated rings. The second kappa shape index (κ2) is 18.3. The molecule has 6 heavy (non-hydrogen) atoms. The first-order valence-electron chi connectivity index (χ1n) is 2.38. The molecule has 0 aliphatic carbocycles. The van der Waals surface area contributed by atoms with Crippen LogP contribution in [0.1, 0.15) is 1.37 Å². The maximum absolute atomic E-state index is 6.17. The van der Waals surface area contributed by atoms with Gasteiger partial charge in [0.1, 0.15) is 0 Å². The van der Waals surface area contributed by atoms with Crippen LogP contribution < -0.4 is 11.1 Å². The first-order chi connectivity index (χ1) is 3.33. The van der Waals surface area contributed by atoms with Gasteiger partial charge in [0, 0.05) is 8.04 Å². The molecule has 0 aliphatic rings. The van der Waals surface area contributed by atoms with E-state index in [1.165, 1.54) is 0 Å². The molecular formula is C3H13N2P. The minimum Gasteiger partial charge on any atom is -0.319 e. The van der Waals surface area contributed by atoms with Gasteiger partial charge < -0.3 is 11.1 Å². The van der Waals surface area contributed by atoms with Gasteiger partial charge >= 0.3 is 0 Å². The van der Waals surface area contributed by atoms with Crippen LogP contribution in [0.3, 0.4) is 0 Å². The molecule has 40 valence electrons. The Balaban J connectivity index is 0. The third-order valence-electron chi connectivity index (χ3n) is 0.204. The number of hydrogen-bond donors (Lipinski definition) is 2. The van der Waals surface area contributed by atoms with Gasteiger partial charge in [-0.15, -0.1) is 9.24 Å². The molecule has 0 spiro atoms. The summed E-state index contributed by atoms with van der Waals surface area (Å²) < 4.78 is 6.17. The SMILES string of the molecule is CNCN.[3H]CP. The lowest BCUT2D eigenvalue weighted by Gasteiger charge is -1.77. The molecule has 0 aromatic rings. The molecule has 0 amide bonds. The zero-order chi connectivity index (χ0) is 6.12. The van der Waals surface area contributed by atoms with Crippen molar-refractivity contribution in [3.63, 3.8) is 0 Å². The van der Waals surface area contributed by atoms with E-state index in [4.69, 9.17) is 7.10 Å². The number of nitrogens with one attached hydrogen (secondary N) is 1. The van der Waals surface area contributed by atoms with E-state index in [0.29, 0.717) is 13.3 Å². The predicted molar refractivity (Wildman–Crippen MR) is 33.7 cm³/mol. The second-order valence-electron chi connectivity index (χ2n) is 0.558. The van der Waals surface area contributed by atoms with E-state index >= 15 is 0 Å². The van der Waals surface area contributed by atoms with Crippen molar-refractivity contribution in [2.24, 2.45) is 5.73 Å². The number of rotatable bonds is 1. The van der Waals surface area contributed by atoms with Crippen LogP contribution in [0.2, 0.25) is 0 Å². The normalized spacial score (nSPS) is 8.17. The van der Waals surface area contributed by atoms with Crippen molar-refractivity contribution in [3.8, 4) is 0 Å². The summed E-state index contributed by atoms with van der Waals surface area (Å²) in [6.45, 7) is 0.986. The fourth-order valence-corrected chi connectivity index (χ4v) is 0. The summed E-state index contributed by atoms with van der Waals surface area (Å²) in [4.78, 5) is 0. The molecule has 0 bridgehead atoms. The summed E-state index contributed by atoms with van der Waals surface area (Å²) in [6.07, 6.45) is 0. The lowest BCUT2D eigenvalue weighted by Crippen LogP contribution is -2.15. The van der Waals surface area contributed by atoms with Crippen LogP contribution in [0.25, 0.3) is 0 Å². The second-order valence-corrected chi connectivity index (χ2v) is 0.558. The van der Waals surface area contributed by atoms with Gasteiger partial charge in [-0.25, -0.2) is 0 Å². The van der Waals surface area contributed by atoms with Crippen molar-refractivity contribution >= 4 is 9.24 Å². The van der Waals surface area contributed by atoms with Crippen LogP contribution in [0, 0.1) is 0 Å². The van der Waals surface area contributed by atoms with E-state index < -0.39 is 0 Å². The van der Waals surface area contributed by atoms with E-state index in [1.54, 1.807) is 7.05 Å². The fraction of sp³-hybridized carbons (Fsp3) is 1.00. The fourth-order valence-electron chi connectivity index (χ4n) is 0. The standard InChI is InChI=1S/C2H8N2.CH5P/c1-4-2-3;1-2/h4H,2-3H2,1H3;2H2,1H3/i;1T. The summed E-state index contributed by atoms with van der Waals surface area (Å²) in [6, 6.07) is 0. The van der Waals surface area contributed by atoms with Gasteiger partial charge in [0.2, 0.25) is 0 Å². The molecule has 0 radical (unpaired) electrons. The number of hydrogen-bond acceptors (Lipinski definition) is 2. The Bertz CT molecular complexity index is 20.4. The van der Waals surface area contributed by atoms with Gasteiger partial charge in [0.15, 0.2) is 0 Å². The molecular weight excluding hydrogens is 95.0 g/mol. The molecule has 0 rings (SSSR count). The Morgan fingerprint density at radius 3 is 2.33 bits per heavy atom. The average Bonchev–Trinajstić information content (AvgIpc) is 1.69. The van der Waals surface area contributed by atoms with Gasteiger partial charge in [-0.3, -0.25) is 0 Å². The van der Waals surface area contributed by atoms with Gasteiger partial charge in [-0.2, -0.15) is 0 Å². The van der Waals surface area contributed by atoms with Gasteiger partial charge in [0.05, 0.1) is 0 Å². The molecule has 0 heterocycles. The molecule has 0 aromatic carbocycles. The van der Waals surface area contributed by atoms with Crippen LogP contribution >= 0.6 is 9.24 Å². The highest BCUT2D eigenvalue weighted by atomic mass is 31.0. The molecule has 1 unspecified atom stereocenters. The molecule has 1 atom stereocenters. The Hall–Kier alpha value is 0.350. The van der Waals surface area contributed by atoms with Crippen molar-refractivity contribution in [3.05, 3.63) is 0 Å².